The Bertz CT molecular complexity index is 1380. The molecule has 5 heterocycles. The van der Waals surface area contributed by atoms with Gasteiger partial charge < -0.3 is 25.8 Å². The first-order valence-electron chi connectivity index (χ1n) is 14.5. The van der Waals surface area contributed by atoms with Gasteiger partial charge in [0.05, 0.1) is 11.7 Å². The molecule has 1 aromatic carbocycles. The van der Waals surface area contributed by atoms with Crippen LogP contribution in [-0.4, -0.2) is 65.3 Å². The molecule has 0 radical (unpaired) electrons. The van der Waals surface area contributed by atoms with Gasteiger partial charge in [-0.3, -0.25) is 0 Å². The molecule has 1 unspecified atom stereocenters. The Balaban J connectivity index is 1.46. The number of rotatable bonds is 2. The number of nitrogens with two attached hydrogens (primary N) is 1. The van der Waals surface area contributed by atoms with Crippen molar-refractivity contribution in [2.45, 2.75) is 57.5 Å². The summed E-state index contributed by atoms with van der Waals surface area (Å²) in [5.41, 5.74) is 14.2. The van der Waals surface area contributed by atoms with E-state index in [9.17, 15) is 0 Å². The van der Waals surface area contributed by atoms with Crippen LogP contribution in [0.25, 0.3) is 11.3 Å². The fourth-order valence-corrected chi connectivity index (χ4v) is 6.20. The smallest absolute Gasteiger partial charge is 0.160 e. The van der Waals surface area contributed by atoms with Crippen molar-refractivity contribution in [1.29, 1.82) is 0 Å². The van der Waals surface area contributed by atoms with Crippen LogP contribution in [0.5, 0.6) is 0 Å². The molecule has 6 rings (SSSR count). The molecule has 8 heteroatoms. The lowest BCUT2D eigenvalue weighted by Crippen LogP contribution is -2.56. The molecule has 3 aliphatic heterocycles. The van der Waals surface area contributed by atoms with Gasteiger partial charge in [0.1, 0.15) is 11.6 Å². The van der Waals surface area contributed by atoms with Crippen LogP contribution in [0.2, 0.25) is 0 Å². The fraction of sp³-hybridized carbons (Fsp3) is 0.484. The van der Waals surface area contributed by atoms with Gasteiger partial charge in [-0.1, -0.05) is 32.2 Å². The molecule has 1 atom stereocenters. The number of hydrogen-bond acceptors (Lipinski definition) is 7. The lowest BCUT2D eigenvalue weighted by atomic mass is 9.93. The molecule has 206 valence electrons. The number of nitrogens with zero attached hydrogens (tertiary/aromatic N) is 6. The normalized spacial score (nSPS) is 21.1. The standard InChI is InChI=1S/C31H42N8/c1-5-23-10-12-24-11-9-21(2)33-13-15-36(4)31-18-29(37-19-25(32)20-37)34-30-17-27(35-39(30)31)28-8-6-7-14-38(28)22(3)26(24)16-23/h10,12,16-18,25,28,33H,2-3,5-9,11,13-15,19-20,32H2,1,4H3. The molecule has 2 aromatic heterocycles. The van der Waals surface area contributed by atoms with Crippen LogP contribution in [0.1, 0.15) is 61.0 Å². The van der Waals surface area contributed by atoms with Crippen molar-refractivity contribution in [3.05, 3.63) is 71.6 Å². The summed E-state index contributed by atoms with van der Waals surface area (Å²) in [4.78, 5) is 12.1. The van der Waals surface area contributed by atoms with E-state index in [4.69, 9.17) is 22.4 Å². The highest BCUT2D eigenvalue weighted by molar-refractivity contribution is 5.67. The zero-order valence-corrected chi connectivity index (χ0v) is 23.5. The van der Waals surface area contributed by atoms with Crippen LogP contribution in [0.15, 0.2) is 49.2 Å². The molecule has 3 aromatic rings. The van der Waals surface area contributed by atoms with E-state index in [0.717, 1.165) is 99.2 Å². The number of allylic oxidation sites excluding steroid dienone is 1. The Kier molecular flexibility index (Phi) is 6.97. The predicted octanol–water partition coefficient (Wildman–Crippen LogP) is 4.12. The van der Waals surface area contributed by atoms with Crippen LogP contribution < -0.4 is 20.9 Å². The zero-order valence-electron chi connectivity index (χ0n) is 23.5. The number of piperidine rings is 1. The van der Waals surface area contributed by atoms with Gasteiger partial charge in [-0.25, -0.2) is 4.98 Å². The first kappa shape index (κ1) is 25.7. The van der Waals surface area contributed by atoms with Crippen LogP contribution in [-0.2, 0) is 12.8 Å². The minimum atomic E-state index is 0.176. The highest BCUT2D eigenvalue weighted by atomic mass is 15.4. The van der Waals surface area contributed by atoms with Gasteiger partial charge in [0.25, 0.3) is 0 Å². The summed E-state index contributed by atoms with van der Waals surface area (Å²) in [6.07, 6.45) is 6.27. The maximum atomic E-state index is 6.11. The Labute approximate surface area is 232 Å². The van der Waals surface area contributed by atoms with E-state index in [1.54, 1.807) is 0 Å². The largest absolute Gasteiger partial charge is 0.387 e. The minimum absolute atomic E-state index is 0.176. The summed E-state index contributed by atoms with van der Waals surface area (Å²) >= 11 is 0. The van der Waals surface area contributed by atoms with E-state index < -0.39 is 0 Å². The molecule has 2 saturated heterocycles. The van der Waals surface area contributed by atoms with Gasteiger partial charge in [0.2, 0.25) is 0 Å². The Morgan fingerprint density at radius 3 is 2.72 bits per heavy atom. The molecule has 8 nitrogen and oxygen atoms in total. The number of nitrogens with one attached hydrogen (secondary N) is 1. The van der Waals surface area contributed by atoms with Crippen LogP contribution in [0.4, 0.5) is 11.6 Å². The van der Waals surface area contributed by atoms with Gasteiger partial charge in [-0.2, -0.15) is 9.61 Å². The second-order valence-electron chi connectivity index (χ2n) is 11.4. The summed E-state index contributed by atoms with van der Waals surface area (Å²) in [6.45, 7) is 15.5. The summed E-state index contributed by atoms with van der Waals surface area (Å²) < 4.78 is 2.03. The first-order valence-corrected chi connectivity index (χ1v) is 14.5. The van der Waals surface area contributed by atoms with Crippen molar-refractivity contribution < 1.29 is 0 Å². The summed E-state index contributed by atoms with van der Waals surface area (Å²) in [5, 5.41) is 8.77. The Morgan fingerprint density at radius 1 is 1.08 bits per heavy atom. The Hall–Kier alpha value is -3.52. The lowest BCUT2D eigenvalue weighted by molar-refractivity contribution is 0.226. The molecule has 39 heavy (non-hydrogen) atoms. The average Bonchev–Trinajstić information content (AvgIpc) is 3.37. The van der Waals surface area contributed by atoms with E-state index in [1.807, 2.05) is 4.52 Å². The highest BCUT2D eigenvalue weighted by Gasteiger charge is 2.31. The monoisotopic (exact) mass is 526 g/mol. The first-order chi connectivity index (χ1) is 18.9. The van der Waals surface area contributed by atoms with Crippen molar-refractivity contribution in [3.63, 3.8) is 0 Å². The number of aryl methyl sites for hydroxylation is 2. The molecule has 2 bridgehead atoms. The van der Waals surface area contributed by atoms with E-state index in [0.29, 0.717) is 0 Å². The van der Waals surface area contributed by atoms with E-state index >= 15 is 0 Å². The Morgan fingerprint density at radius 2 is 1.92 bits per heavy atom. The average molecular weight is 527 g/mol. The molecule has 2 fully saturated rings. The summed E-state index contributed by atoms with van der Waals surface area (Å²) in [7, 11) is 2.13. The predicted molar refractivity (Wildman–Crippen MR) is 160 cm³/mol. The van der Waals surface area contributed by atoms with Crippen LogP contribution in [0.3, 0.4) is 0 Å². The molecule has 3 N–H and O–H groups in total. The number of benzene rings is 1. The highest BCUT2D eigenvalue weighted by Crippen LogP contribution is 2.38. The van der Waals surface area contributed by atoms with Gasteiger partial charge in [-0.15, -0.1) is 0 Å². The van der Waals surface area contributed by atoms with Crippen molar-refractivity contribution in [2.75, 3.05) is 49.6 Å². The van der Waals surface area contributed by atoms with Crippen LogP contribution in [0, 0.1) is 0 Å². The van der Waals surface area contributed by atoms with Gasteiger partial charge >= 0.3 is 0 Å². The zero-order chi connectivity index (χ0) is 27.1. The maximum Gasteiger partial charge on any atom is 0.160 e. The van der Waals surface area contributed by atoms with Crippen molar-refractivity contribution in [1.82, 2.24) is 24.8 Å². The van der Waals surface area contributed by atoms with Crippen LogP contribution >= 0.6 is 0 Å². The molecular weight excluding hydrogens is 484 g/mol. The molecular formula is C31H42N8. The third kappa shape index (κ3) is 4.98. The molecule has 3 aliphatic rings. The second kappa shape index (κ2) is 10.6. The number of likely N-dealkylation sites (N-methyl/N-ethyl adjacent to an activating group) is 1. The topological polar surface area (TPSA) is 78.0 Å². The third-order valence-corrected chi connectivity index (χ3v) is 8.64. The molecule has 0 aliphatic carbocycles. The molecule has 0 amide bonds. The van der Waals surface area contributed by atoms with Crippen molar-refractivity contribution >= 4 is 23.0 Å². The van der Waals surface area contributed by atoms with Crippen molar-refractivity contribution in [3.8, 4) is 0 Å². The van der Waals surface area contributed by atoms with Gasteiger partial charge in [0.15, 0.2) is 5.65 Å². The number of aromatic nitrogens is 3. The van der Waals surface area contributed by atoms with Gasteiger partial charge in [-0.05, 0) is 55.7 Å². The molecule has 0 saturated carbocycles. The number of hydrogen-bond donors (Lipinski definition) is 2. The maximum absolute atomic E-state index is 6.11. The van der Waals surface area contributed by atoms with Gasteiger partial charge in [0, 0.05) is 74.9 Å². The third-order valence-electron chi connectivity index (χ3n) is 8.64. The fourth-order valence-electron chi connectivity index (χ4n) is 6.20. The van der Waals surface area contributed by atoms with Crippen molar-refractivity contribution in [2.24, 2.45) is 5.73 Å². The quantitative estimate of drug-likeness (QED) is 0.520. The summed E-state index contributed by atoms with van der Waals surface area (Å²) in [6, 6.07) is 11.7. The van der Waals surface area contributed by atoms with E-state index in [2.05, 4.69) is 70.9 Å². The summed E-state index contributed by atoms with van der Waals surface area (Å²) in [5.74, 6) is 2.01. The minimum Gasteiger partial charge on any atom is -0.387 e. The molecule has 0 spiro atoms. The lowest BCUT2D eigenvalue weighted by Gasteiger charge is -2.38. The second-order valence-corrected chi connectivity index (χ2v) is 11.4. The number of fused-ring (bicyclic) bond motifs is 4. The van der Waals surface area contributed by atoms with E-state index in [1.165, 1.54) is 23.1 Å². The number of anilines is 2. The SMILES string of the molecule is C=C1CCc2ccc(CC)cc2C(=C)N2CCCCC2c2cc3nc(N4CC(N)C4)cc(n3n2)N(C)CCN1. The van der Waals surface area contributed by atoms with E-state index in [-0.39, 0.29) is 12.1 Å².